The molecule has 4 heteroatoms. The smallest absolute Gasteiger partial charge is 0.335 e. The van der Waals surface area contributed by atoms with Crippen molar-refractivity contribution in [3.63, 3.8) is 0 Å². The number of thioether (sulfide) groups is 1. The van der Waals surface area contributed by atoms with E-state index in [0.717, 1.165) is 22.2 Å². The molecule has 0 unspecified atom stereocenters. The number of aromatic amines is 1. The fourth-order valence-electron chi connectivity index (χ4n) is 1.59. The van der Waals surface area contributed by atoms with E-state index in [1.807, 2.05) is 18.5 Å². The van der Waals surface area contributed by atoms with Gasteiger partial charge in [-0.15, -0.1) is 0 Å². The van der Waals surface area contributed by atoms with Crippen LogP contribution in [0.3, 0.4) is 0 Å². The molecule has 0 atom stereocenters. The molecule has 0 saturated heterocycles. The lowest BCUT2D eigenvalue weighted by molar-refractivity contribution is 0.0697. The average Bonchev–Trinajstić information content (AvgIpc) is 2.61. The predicted octanol–water partition coefficient (Wildman–Crippen LogP) is 2.73. The lowest BCUT2D eigenvalue weighted by Crippen LogP contribution is -1.95. The zero-order valence-electron chi connectivity index (χ0n) is 8.28. The highest BCUT2D eigenvalue weighted by molar-refractivity contribution is 7.97. The molecule has 3 nitrogen and oxygen atoms in total. The Hall–Kier alpha value is -1.42. The molecule has 0 radical (unpaired) electrons. The molecular formula is C11H11NO2S. The van der Waals surface area contributed by atoms with Gasteiger partial charge in [-0.2, -0.15) is 11.8 Å². The van der Waals surface area contributed by atoms with Gasteiger partial charge < -0.3 is 10.1 Å². The lowest BCUT2D eigenvalue weighted by Gasteiger charge is -1.97. The Balaban J connectivity index is 2.56. The number of carbonyl (C=O) groups is 1. The van der Waals surface area contributed by atoms with Crippen molar-refractivity contribution in [1.82, 2.24) is 4.98 Å². The van der Waals surface area contributed by atoms with Gasteiger partial charge in [0.15, 0.2) is 0 Å². The summed E-state index contributed by atoms with van der Waals surface area (Å²) in [6.45, 7) is 0. The van der Waals surface area contributed by atoms with Crippen LogP contribution >= 0.6 is 11.8 Å². The van der Waals surface area contributed by atoms with Gasteiger partial charge in [0.1, 0.15) is 0 Å². The van der Waals surface area contributed by atoms with Gasteiger partial charge in [-0.05, 0) is 30.0 Å². The van der Waals surface area contributed by atoms with Crippen LogP contribution in [0.5, 0.6) is 0 Å². The van der Waals surface area contributed by atoms with E-state index in [4.69, 9.17) is 5.11 Å². The highest BCUT2D eigenvalue weighted by atomic mass is 32.2. The second kappa shape index (κ2) is 3.98. The first-order valence-corrected chi connectivity index (χ1v) is 5.94. The Labute approximate surface area is 91.5 Å². The molecule has 0 saturated carbocycles. The molecule has 0 spiro atoms. The summed E-state index contributed by atoms with van der Waals surface area (Å²) in [6, 6.07) is 5.15. The summed E-state index contributed by atoms with van der Waals surface area (Å²) >= 11 is 1.72. The summed E-state index contributed by atoms with van der Waals surface area (Å²) in [4.78, 5) is 14.0. The van der Waals surface area contributed by atoms with Crippen LogP contribution in [0, 0.1) is 0 Å². The monoisotopic (exact) mass is 221 g/mol. The third-order valence-corrected chi connectivity index (χ3v) is 2.91. The Kier molecular flexibility index (Phi) is 2.68. The van der Waals surface area contributed by atoms with E-state index in [9.17, 15) is 4.79 Å². The number of carboxylic acids is 1. The fourth-order valence-corrected chi connectivity index (χ4v) is 2.14. The molecule has 0 bridgehead atoms. The molecule has 0 aliphatic carbocycles. The number of carboxylic acid groups (broad SMARTS) is 1. The van der Waals surface area contributed by atoms with E-state index in [1.165, 1.54) is 0 Å². The van der Waals surface area contributed by atoms with Crippen molar-refractivity contribution in [1.29, 1.82) is 0 Å². The second-order valence-electron chi connectivity index (χ2n) is 3.31. The van der Waals surface area contributed by atoms with Crippen LogP contribution in [-0.2, 0) is 5.75 Å². The van der Waals surface area contributed by atoms with Gasteiger partial charge in [-0.3, -0.25) is 0 Å². The maximum absolute atomic E-state index is 10.8. The summed E-state index contributed by atoms with van der Waals surface area (Å²) < 4.78 is 0. The van der Waals surface area contributed by atoms with Gasteiger partial charge in [-0.25, -0.2) is 4.79 Å². The fraction of sp³-hybridized carbons (Fsp3) is 0.182. The molecule has 78 valence electrons. The Morgan fingerprint density at radius 2 is 2.33 bits per heavy atom. The number of aromatic carboxylic acids is 1. The summed E-state index contributed by atoms with van der Waals surface area (Å²) in [5.41, 5.74) is 2.48. The molecule has 0 aliphatic rings. The van der Waals surface area contributed by atoms with E-state index >= 15 is 0 Å². The molecule has 1 heterocycles. The Bertz CT molecular complexity index is 504. The number of rotatable bonds is 3. The van der Waals surface area contributed by atoms with Gasteiger partial charge in [-0.1, -0.05) is 0 Å². The number of benzene rings is 1. The van der Waals surface area contributed by atoms with Gasteiger partial charge in [0.25, 0.3) is 0 Å². The molecule has 0 amide bonds. The summed E-state index contributed by atoms with van der Waals surface area (Å²) in [5.74, 6) is 0.0106. The van der Waals surface area contributed by atoms with Crippen molar-refractivity contribution in [3.8, 4) is 0 Å². The summed E-state index contributed by atoms with van der Waals surface area (Å²) in [7, 11) is 0. The van der Waals surface area contributed by atoms with Crippen LogP contribution in [0.2, 0.25) is 0 Å². The van der Waals surface area contributed by atoms with Crippen LogP contribution in [0.1, 0.15) is 15.9 Å². The maximum Gasteiger partial charge on any atom is 0.335 e. The van der Waals surface area contributed by atoms with Gasteiger partial charge in [0, 0.05) is 22.9 Å². The van der Waals surface area contributed by atoms with Crippen molar-refractivity contribution in [2.45, 2.75) is 5.75 Å². The van der Waals surface area contributed by atoms with E-state index in [-0.39, 0.29) is 0 Å². The van der Waals surface area contributed by atoms with E-state index in [2.05, 4.69) is 4.98 Å². The van der Waals surface area contributed by atoms with Gasteiger partial charge >= 0.3 is 5.97 Å². The molecule has 0 aliphatic heterocycles. The number of nitrogens with one attached hydrogen (secondary N) is 1. The third kappa shape index (κ3) is 1.85. The van der Waals surface area contributed by atoms with Crippen LogP contribution in [-0.4, -0.2) is 22.3 Å². The molecule has 1 aromatic heterocycles. The average molecular weight is 221 g/mol. The molecule has 2 aromatic rings. The largest absolute Gasteiger partial charge is 0.478 e. The van der Waals surface area contributed by atoms with Crippen LogP contribution < -0.4 is 0 Å². The van der Waals surface area contributed by atoms with E-state index in [1.54, 1.807) is 23.9 Å². The van der Waals surface area contributed by atoms with Gasteiger partial charge in [0.05, 0.1) is 5.56 Å². The Morgan fingerprint density at radius 1 is 1.53 bits per heavy atom. The van der Waals surface area contributed by atoms with Crippen LogP contribution in [0.4, 0.5) is 0 Å². The van der Waals surface area contributed by atoms with Crippen molar-refractivity contribution < 1.29 is 9.90 Å². The lowest BCUT2D eigenvalue weighted by atomic mass is 10.1. The summed E-state index contributed by atoms with van der Waals surface area (Å²) in [6.07, 6.45) is 3.96. The SMILES string of the molecule is CSCc1c[nH]c2ccc(C(=O)O)cc12. The first kappa shape index (κ1) is 10.1. The number of hydrogen-bond donors (Lipinski definition) is 2. The standard InChI is InChI=1S/C11H11NO2S/c1-15-6-8-5-12-10-3-2-7(11(13)14)4-9(8)10/h2-5,12H,6H2,1H3,(H,13,14). The van der Waals surface area contributed by atoms with Crippen molar-refractivity contribution in [3.05, 3.63) is 35.5 Å². The second-order valence-corrected chi connectivity index (χ2v) is 4.18. The first-order valence-electron chi connectivity index (χ1n) is 4.54. The quantitative estimate of drug-likeness (QED) is 0.837. The molecule has 1 aromatic carbocycles. The Morgan fingerprint density at radius 3 is 3.00 bits per heavy atom. The van der Waals surface area contributed by atoms with Crippen LogP contribution in [0.25, 0.3) is 10.9 Å². The minimum Gasteiger partial charge on any atom is -0.478 e. The highest BCUT2D eigenvalue weighted by Gasteiger charge is 2.07. The number of fused-ring (bicyclic) bond motifs is 1. The van der Waals surface area contributed by atoms with Gasteiger partial charge in [0.2, 0.25) is 0 Å². The molecule has 15 heavy (non-hydrogen) atoms. The maximum atomic E-state index is 10.8. The third-order valence-electron chi connectivity index (χ3n) is 2.31. The molecular weight excluding hydrogens is 210 g/mol. The van der Waals surface area contributed by atoms with Crippen molar-refractivity contribution in [2.24, 2.45) is 0 Å². The van der Waals surface area contributed by atoms with Crippen molar-refractivity contribution >= 4 is 28.6 Å². The molecule has 2 rings (SSSR count). The van der Waals surface area contributed by atoms with Crippen molar-refractivity contribution in [2.75, 3.05) is 6.26 Å². The zero-order valence-corrected chi connectivity index (χ0v) is 9.10. The van der Waals surface area contributed by atoms with Crippen LogP contribution in [0.15, 0.2) is 24.4 Å². The van der Waals surface area contributed by atoms with E-state index in [0.29, 0.717) is 5.56 Å². The first-order chi connectivity index (χ1) is 7.22. The highest BCUT2D eigenvalue weighted by Crippen LogP contribution is 2.22. The predicted molar refractivity (Wildman–Crippen MR) is 62.5 cm³/mol. The minimum atomic E-state index is -0.881. The molecule has 2 N–H and O–H groups in total. The summed E-state index contributed by atoms with van der Waals surface area (Å²) in [5, 5.41) is 9.89. The number of hydrogen-bond acceptors (Lipinski definition) is 2. The zero-order chi connectivity index (χ0) is 10.8. The minimum absolute atomic E-state index is 0.337. The number of aromatic nitrogens is 1. The normalized spacial score (nSPS) is 10.7. The topological polar surface area (TPSA) is 53.1 Å². The van der Waals surface area contributed by atoms with E-state index < -0.39 is 5.97 Å². The molecule has 0 fully saturated rings. The number of H-pyrrole nitrogens is 1.